The summed E-state index contributed by atoms with van der Waals surface area (Å²) >= 11 is 1.58. The molecule has 1 atom stereocenters. The van der Waals surface area contributed by atoms with Crippen LogP contribution >= 0.6 is 11.8 Å². The molecule has 104 valence electrons. The van der Waals surface area contributed by atoms with Gasteiger partial charge in [0.15, 0.2) is 0 Å². The molecular weight excluding hydrogens is 266 g/mol. The fourth-order valence-electron chi connectivity index (χ4n) is 1.45. The molecule has 1 aromatic carbocycles. The molecule has 0 spiro atoms. The fourth-order valence-corrected chi connectivity index (χ4v) is 2.57. The van der Waals surface area contributed by atoms with E-state index in [1.165, 1.54) is 12.1 Å². The van der Waals surface area contributed by atoms with Gasteiger partial charge < -0.3 is 11.5 Å². The van der Waals surface area contributed by atoms with Crippen molar-refractivity contribution >= 4 is 23.4 Å². The van der Waals surface area contributed by atoms with Gasteiger partial charge in [0.2, 0.25) is 5.91 Å². The number of hydrogen-bond acceptors (Lipinski definition) is 5. The molecule has 0 fully saturated rings. The lowest BCUT2D eigenvalue weighted by molar-refractivity contribution is -0.385. The van der Waals surface area contributed by atoms with Gasteiger partial charge in [0.05, 0.1) is 4.92 Å². The van der Waals surface area contributed by atoms with Crippen molar-refractivity contribution in [2.75, 3.05) is 12.3 Å². The average molecular weight is 283 g/mol. The summed E-state index contributed by atoms with van der Waals surface area (Å²) in [6, 6.07) is 4.32. The Bertz CT molecular complexity index is 479. The van der Waals surface area contributed by atoms with Crippen LogP contribution < -0.4 is 11.5 Å². The second-order valence-corrected chi connectivity index (χ2v) is 5.35. The minimum atomic E-state index is -0.668. The third kappa shape index (κ3) is 4.53. The summed E-state index contributed by atoms with van der Waals surface area (Å²) in [4.78, 5) is 21.5. The maximum Gasteiger partial charge on any atom is 0.274 e. The van der Waals surface area contributed by atoms with E-state index >= 15 is 0 Å². The zero-order valence-corrected chi connectivity index (χ0v) is 11.5. The van der Waals surface area contributed by atoms with Crippen LogP contribution in [0, 0.1) is 16.0 Å². The van der Waals surface area contributed by atoms with E-state index in [9.17, 15) is 14.9 Å². The molecule has 0 radical (unpaired) electrons. The summed E-state index contributed by atoms with van der Waals surface area (Å²) in [6.45, 7) is 2.62. The van der Waals surface area contributed by atoms with E-state index in [-0.39, 0.29) is 11.3 Å². The van der Waals surface area contributed by atoms with Gasteiger partial charge in [0.1, 0.15) is 0 Å². The second-order valence-electron chi connectivity index (χ2n) is 4.32. The number of nitro benzene ring substituents is 1. The summed E-state index contributed by atoms with van der Waals surface area (Å²) in [5.74, 6) is 1.05. The van der Waals surface area contributed by atoms with E-state index in [2.05, 4.69) is 0 Å². The lowest BCUT2D eigenvalue weighted by Gasteiger charge is -2.08. The molecule has 1 unspecified atom stereocenters. The lowest BCUT2D eigenvalue weighted by atomic mass is 10.1. The zero-order valence-electron chi connectivity index (χ0n) is 10.7. The van der Waals surface area contributed by atoms with Crippen molar-refractivity contribution in [3.05, 3.63) is 39.4 Å². The number of hydrogen-bond donors (Lipinski definition) is 2. The van der Waals surface area contributed by atoms with Crippen molar-refractivity contribution < 1.29 is 9.72 Å². The van der Waals surface area contributed by atoms with Gasteiger partial charge in [-0.25, -0.2) is 0 Å². The number of amides is 1. The van der Waals surface area contributed by atoms with Crippen molar-refractivity contribution in [1.29, 1.82) is 0 Å². The first-order valence-electron chi connectivity index (χ1n) is 5.80. The molecular formula is C12H17N3O3S. The van der Waals surface area contributed by atoms with Gasteiger partial charge >= 0.3 is 0 Å². The molecule has 19 heavy (non-hydrogen) atoms. The summed E-state index contributed by atoms with van der Waals surface area (Å²) in [6.07, 6.45) is 0. The first-order valence-corrected chi connectivity index (χ1v) is 6.96. The van der Waals surface area contributed by atoms with Crippen molar-refractivity contribution in [2.45, 2.75) is 12.7 Å². The lowest BCUT2D eigenvalue weighted by Crippen LogP contribution is -2.13. The Morgan fingerprint density at radius 1 is 1.53 bits per heavy atom. The van der Waals surface area contributed by atoms with Gasteiger partial charge in [0, 0.05) is 22.9 Å². The molecule has 0 aliphatic carbocycles. The summed E-state index contributed by atoms with van der Waals surface area (Å²) < 4.78 is 0. The SMILES string of the molecule is CC(CN)CSCc1ccc(C(N)=O)cc1[N+](=O)[O-]. The number of benzene rings is 1. The van der Waals surface area contributed by atoms with Crippen LogP contribution in [-0.4, -0.2) is 23.1 Å². The van der Waals surface area contributed by atoms with E-state index < -0.39 is 10.8 Å². The molecule has 0 heterocycles. The van der Waals surface area contributed by atoms with E-state index in [0.717, 1.165) is 5.75 Å². The predicted octanol–water partition coefficient (Wildman–Crippen LogP) is 1.52. The van der Waals surface area contributed by atoms with Crippen LogP contribution in [0.1, 0.15) is 22.8 Å². The molecule has 0 saturated carbocycles. The van der Waals surface area contributed by atoms with Crippen LogP contribution in [-0.2, 0) is 5.75 Å². The normalized spacial score (nSPS) is 12.1. The van der Waals surface area contributed by atoms with Crippen molar-refractivity contribution in [1.82, 2.24) is 0 Å². The highest BCUT2D eigenvalue weighted by atomic mass is 32.2. The summed E-state index contributed by atoms with van der Waals surface area (Å²) in [7, 11) is 0. The van der Waals surface area contributed by atoms with Crippen LogP contribution in [0.25, 0.3) is 0 Å². The quantitative estimate of drug-likeness (QED) is 0.582. The van der Waals surface area contributed by atoms with Crippen molar-refractivity contribution in [3.63, 3.8) is 0 Å². The van der Waals surface area contributed by atoms with E-state index in [0.29, 0.717) is 23.8 Å². The molecule has 1 aromatic rings. The standard InChI is InChI=1S/C12H17N3O3S/c1-8(5-13)6-19-7-10-3-2-9(12(14)16)4-11(10)15(17)18/h2-4,8H,5-7,13H2,1H3,(H2,14,16). The Morgan fingerprint density at radius 3 is 2.74 bits per heavy atom. The number of carbonyl (C=O) groups is 1. The number of nitro groups is 1. The topological polar surface area (TPSA) is 112 Å². The van der Waals surface area contributed by atoms with Crippen LogP contribution in [0.5, 0.6) is 0 Å². The van der Waals surface area contributed by atoms with E-state index in [4.69, 9.17) is 11.5 Å². The summed E-state index contributed by atoms with van der Waals surface area (Å²) in [5, 5.41) is 11.0. The highest BCUT2D eigenvalue weighted by molar-refractivity contribution is 7.98. The minimum absolute atomic E-state index is 0.0656. The maximum absolute atomic E-state index is 11.0. The van der Waals surface area contributed by atoms with Crippen LogP contribution in [0.4, 0.5) is 5.69 Å². The first kappa shape index (κ1) is 15.5. The van der Waals surface area contributed by atoms with Crippen molar-refractivity contribution in [2.24, 2.45) is 17.4 Å². The number of rotatable bonds is 7. The fraction of sp³-hybridized carbons (Fsp3) is 0.417. The average Bonchev–Trinajstić information content (AvgIpc) is 2.38. The summed E-state index contributed by atoms with van der Waals surface area (Å²) in [5.41, 5.74) is 11.3. The first-order chi connectivity index (χ1) is 8.95. The van der Waals surface area contributed by atoms with Gasteiger partial charge in [-0.15, -0.1) is 0 Å². The smallest absolute Gasteiger partial charge is 0.274 e. The van der Waals surface area contributed by atoms with Gasteiger partial charge in [-0.2, -0.15) is 11.8 Å². The van der Waals surface area contributed by atoms with Gasteiger partial charge in [-0.3, -0.25) is 14.9 Å². The van der Waals surface area contributed by atoms with E-state index in [1.807, 2.05) is 6.92 Å². The number of nitrogens with zero attached hydrogens (tertiary/aromatic N) is 1. The molecule has 0 bridgehead atoms. The predicted molar refractivity (Wildman–Crippen MR) is 76.0 cm³/mol. The molecule has 0 saturated heterocycles. The molecule has 0 aliphatic rings. The van der Waals surface area contributed by atoms with Gasteiger partial charge in [0.25, 0.3) is 5.69 Å². The minimum Gasteiger partial charge on any atom is -0.366 e. The third-order valence-electron chi connectivity index (χ3n) is 2.63. The molecule has 6 nitrogen and oxygen atoms in total. The van der Waals surface area contributed by atoms with Crippen LogP contribution in [0.2, 0.25) is 0 Å². The zero-order chi connectivity index (χ0) is 14.4. The Balaban J connectivity index is 2.82. The molecule has 4 N–H and O–H groups in total. The monoisotopic (exact) mass is 283 g/mol. The Labute approximate surface area is 115 Å². The number of nitrogens with two attached hydrogens (primary N) is 2. The molecule has 0 aliphatic heterocycles. The molecule has 1 amide bonds. The highest BCUT2D eigenvalue weighted by Crippen LogP contribution is 2.25. The molecule has 0 aromatic heterocycles. The Morgan fingerprint density at radius 2 is 2.21 bits per heavy atom. The Hall–Kier alpha value is -1.60. The Kier molecular flexibility index (Phi) is 5.78. The van der Waals surface area contributed by atoms with Gasteiger partial charge in [-0.1, -0.05) is 13.0 Å². The molecule has 7 heteroatoms. The van der Waals surface area contributed by atoms with Gasteiger partial charge in [-0.05, 0) is 24.3 Å². The second kappa shape index (κ2) is 7.10. The number of thioether (sulfide) groups is 1. The van der Waals surface area contributed by atoms with Crippen molar-refractivity contribution in [3.8, 4) is 0 Å². The number of carbonyl (C=O) groups excluding carboxylic acids is 1. The maximum atomic E-state index is 11.0. The van der Waals surface area contributed by atoms with Crippen LogP contribution in [0.15, 0.2) is 18.2 Å². The number of primary amides is 1. The molecule has 1 rings (SSSR count). The third-order valence-corrected chi connectivity index (χ3v) is 3.95. The highest BCUT2D eigenvalue weighted by Gasteiger charge is 2.16. The van der Waals surface area contributed by atoms with Crippen LogP contribution in [0.3, 0.4) is 0 Å². The van der Waals surface area contributed by atoms with E-state index in [1.54, 1.807) is 17.8 Å². The largest absolute Gasteiger partial charge is 0.366 e.